The summed E-state index contributed by atoms with van der Waals surface area (Å²) < 4.78 is 46.2. The summed E-state index contributed by atoms with van der Waals surface area (Å²) in [7, 11) is -2.29. The number of nitrogens with zero attached hydrogens (tertiary/aromatic N) is 2. The number of hydrogen-bond donors (Lipinski definition) is 3. The summed E-state index contributed by atoms with van der Waals surface area (Å²) in [5, 5.41) is 6.07. The number of fused-ring (bicyclic) bond motifs is 5. The predicted molar refractivity (Wildman–Crippen MR) is 215 cm³/mol. The largest absolute Gasteiger partial charge is 0.497 e. The molecule has 2 bridgehead atoms. The molecular formula is C43H57N5O9S. The van der Waals surface area contributed by atoms with E-state index in [9.17, 15) is 27.6 Å². The highest BCUT2D eigenvalue weighted by molar-refractivity contribution is 7.91. The van der Waals surface area contributed by atoms with E-state index in [-0.39, 0.29) is 37.3 Å². The van der Waals surface area contributed by atoms with Gasteiger partial charge in [-0.1, -0.05) is 38.2 Å². The van der Waals surface area contributed by atoms with Gasteiger partial charge >= 0.3 is 6.09 Å². The molecule has 2 aliphatic heterocycles. The topological polar surface area (TPSA) is 182 Å². The first-order chi connectivity index (χ1) is 28.0. The van der Waals surface area contributed by atoms with Crippen LogP contribution in [-0.2, 0) is 35.6 Å². The molecule has 7 atom stereocenters. The normalized spacial score (nSPS) is 31.0. The lowest BCUT2D eigenvalue weighted by Gasteiger charge is -2.35. The Morgan fingerprint density at radius 2 is 1.71 bits per heavy atom. The predicted octanol–water partition coefficient (Wildman–Crippen LogP) is 5.22. The van der Waals surface area contributed by atoms with Crippen LogP contribution in [0.4, 0.5) is 4.79 Å². The van der Waals surface area contributed by atoms with E-state index >= 15 is 0 Å². The lowest BCUT2D eigenvalue weighted by atomic mass is 9.83. The van der Waals surface area contributed by atoms with Gasteiger partial charge in [-0.2, -0.15) is 0 Å². The van der Waals surface area contributed by atoms with Crippen molar-refractivity contribution in [3.8, 4) is 11.5 Å². The van der Waals surface area contributed by atoms with Crippen LogP contribution in [-0.4, -0.2) is 90.9 Å². The number of pyridine rings is 1. The molecule has 4 amide bonds. The van der Waals surface area contributed by atoms with Gasteiger partial charge in [-0.15, -0.1) is 6.58 Å². The van der Waals surface area contributed by atoms with Crippen LogP contribution in [0.2, 0.25) is 0 Å². The lowest BCUT2D eigenvalue weighted by molar-refractivity contribution is -0.142. The molecule has 1 aromatic heterocycles. The Morgan fingerprint density at radius 1 is 0.966 bits per heavy atom. The second-order valence-corrected chi connectivity index (χ2v) is 19.4. The number of benzene rings is 1. The third kappa shape index (κ3) is 8.51. The summed E-state index contributed by atoms with van der Waals surface area (Å²) in [6, 6.07) is 5.62. The van der Waals surface area contributed by atoms with E-state index in [2.05, 4.69) is 21.9 Å². The standard InChI is InChI=1S/C43H57N5O9S/c1-3-29-24-43(29,41(51)47-58(53,54)32-18-19-32)46-39(49)35-23-31-25-48(35)40(50)38(27-12-7-4-8-13-27)45-42(52)57-36-16-10-14-26(36)11-6-5-9-15-34-37(56-31)22-28-21-30(55-2)17-20-33(28)44-34/h3,17,20-22,26-27,29,31-32,35-36,38H,1,4-16,18-19,23-25H2,2H3,(H,45,52)(H,46,49)(H,47,51)/t26-,29?,31-,35+,36-,38+,43-/m1/s1. The number of sulfonamides is 1. The van der Waals surface area contributed by atoms with Gasteiger partial charge in [0.2, 0.25) is 21.8 Å². The number of rotatable bonds is 8. The highest BCUT2D eigenvalue weighted by Gasteiger charge is 2.62. The summed E-state index contributed by atoms with van der Waals surface area (Å²) in [6.45, 7) is 3.87. The van der Waals surface area contributed by atoms with Gasteiger partial charge in [0.05, 0.1) is 30.1 Å². The molecule has 4 saturated carbocycles. The molecule has 0 radical (unpaired) electrons. The molecule has 8 rings (SSSR count). The van der Waals surface area contributed by atoms with Gasteiger partial charge in [0.15, 0.2) is 0 Å². The molecule has 1 saturated heterocycles. The molecule has 2 aromatic rings. The van der Waals surface area contributed by atoms with Crippen molar-refractivity contribution in [1.82, 2.24) is 25.2 Å². The van der Waals surface area contributed by atoms with Crippen LogP contribution in [0.25, 0.3) is 10.9 Å². The van der Waals surface area contributed by atoms with E-state index in [1.165, 1.54) is 11.0 Å². The fourth-order valence-corrected chi connectivity index (χ4v) is 11.2. The van der Waals surface area contributed by atoms with Crippen molar-refractivity contribution < 1.29 is 41.8 Å². The minimum Gasteiger partial charge on any atom is -0.497 e. The molecule has 6 aliphatic rings. The van der Waals surface area contributed by atoms with Crippen LogP contribution in [0.1, 0.15) is 108 Å². The number of alkyl carbamates (subject to hydrolysis) is 1. The Balaban J connectivity index is 1.13. The van der Waals surface area contributed by atoms with E-state index in [0.29, 0.717) is 30.8 Å². The molecular weight excluding hydrogens is 763 g/mol. The number of ether oxygens (including phenoxy) is 3. The molecule has 314 valence electrons. The van der Waals surface area contributed by atoms with Gasteiger partial charge in [-0.3, -0.25) is 19.1 Å². The average molecular weight is 820 g/mol. The SMILES string of the molecule is C=CC1C[C@]1(NC(=O)[C@@H]1C[C@@H]2CN1C(=O)[C@H](C1CCCCC1)NC(=O)O[C@@H]1CCC[C@H]1CCCCCc1nc3ccc(OC)cc3cc1O2)C(=O)NS(=O)(=O)C1CC1. The minimum absolute atomic E-state index is 0.0390. The molecule has 5 fully saturated rings. The van der Waals surface area contributed by atoms with Crippen molar-refractivity contribution >= 4 is 44.7 Å². The molecule has 1 aromatic carbocycles. The molecule has 1 unspecified atom stereocenters. The Morgan fingerprint density at radius 3 is 2.43 bits per heavy atom. The third-order valence-electron chi connectivity index (χ3n) is 13.4. The van der Waals surface area contributed by atoms with E-state index in [1.807, 2.05) is 24.3 Å². The van der Waals surface area contributed by atoms with E-state index in [0.717, 1.165) is 93.6 Å². The number of nitrogens with one attached hydrogen (secondary N) is 3. The number of methoxy groups -OCH3 is 1. The van der Waals surface area contributed by atoms with Crippen molar-refractivity contribution in [3.63, 3.8) is 0 Å². The van der Waals surface area contributed by atoms with E-state index < -0.39 is 68.7 Å². The zero-order chi connectivity index (χ0) is 40.6. The number of aryl methyl sites for hydroxylation is 1. The van der Waals surface area contributed by atoms with E-state index in [1.54, 1.807) is 7.11 Å². The van der Waals surface area contributed by atoms with Gasteiger partial charge < -0.3 is 29.7 Å². The van der Waals surface area contributed by atoms with Gasteiger partial charge in [-0.25, -0.2) is 18.2 Å². The molecule has 3 N–H and O–H groups in total. The van der Waals surface area contributed by atoms with Gasteiger partial charge in [0.1, 0.15) is 41.3 Å². The quantitative estimate of drug-likeness (QED) is 0.299. The van der Waals surface area contributed by atoms with Crippen molar-refractivity contribution in [3.05, 3.63) is 42.6 Å². The van der Waals surface area contributed by atoms with Crippen LogP contribution in [0.5, 0.6) is 11.5 Å². The fourth-order valence-electron chi connectivity index (χ4n) is 9.85. The number of aromatic nitrogens is 1. The first-order valence-corrected chi connectivity index (χ1v) is 22.9. The average Bonchev–Trinajstić information content (AvgIpc) is 4.11. The van der Waals surface area contributed by atoms with Crippen LogP contribution in [0.3, 0.4) is 0 Å². The van der Waals surface area contributed by atoms with Crippen molar-refractivity contribution in [2.75, 3.05) is 13.7 Å². The van der Waals surface area contributed by atoms with E-state index in [4.69, 9.17) is 19.2 Å². The van der Waals surface area contributed by atoms with Crippen LogP contribution in [0.15, 0.2) is 36.9 Å². The number of hydrogen-bond acceptors (Lipinski definition) is 10. The smallest absolute Gasteiger partial charge is 0.408 e. The monoisotopic (exact) mass is 819 g/mol. The summed E-state index contributed by atoms with van der Waals surface area (Å²) in [5.74, 6) is -0.992. The van der Waals surface area contributed by atoms with Gasteiger partial charge in [0.25, 0.3) is 5.91 Å². The summed E-state index contributed by atoms with van der Waals surface area (Å²) in [5.41, 5.74) is 0.0623. The maximum Gasteiger partial charge on any atom is 0.408 e. The Hall–Kier alpha value is -4.40. The fraction of sp³-hybridized carbons (Fsp3) is 0.651. The first-order valence-electron chi connectivity index (χ1n) is 21.4. The van der Waals surface area contributed by atoms with Crippen LogP contribution < -0.4 is 24.8 Å². The van der Waals surface area contributed by atoms with Crippen molar-refractivity contribution in [1.29, 1.82) is 0 Å². The molecule has 58 heavy (non-hydrogen) atoms. The zero-order valence-corrected chi connectivity index (χ0v) is 34.2. The number of carbonyl (C=O) groups excluding carboxylic acids is 4. The molecule has 4 aliphatic carbocycles. The van der Waals surface area contributed by atoms with Crippen molar-refractivity contribution in [2.24, 2.45) is 17.8 Å². The summed E-state index contributed by atoms with van der Waals surface area (Å²) in [6.07, 6.45) is 12.8. The molecule has 14 nitrogen and oxygen atoms in total. The zero-order valence-electron chi connectivity index (χ0n) is 33.4. The Bertz CT molecular complexity index is 2030. The number of amides is 4. The van der Waals surface area contributed by atoms with Crippen LogP contribution >= 0.6 is 0 Å². The number of carbonyl (C=O) groups is 4. The highest BCUT2D eigenvalue weighted by Crippen LogP contribution is 2.46. The van der Waals surface area contributed by atoms with Crippen molar-refractivity contribution in [2.45, 2.75) is 144 Å². The first kappa shape index (κ1) is 40.4. The highest BCUT2D eigenvalue weighted by atomic mass is 32.2. The second kappa shape index (κ2) is 16.7. The molecule has 15 heteroatoms. The Kier molecular flexibility index (Phi) is 11.6. The molecule has 0 spiro atoms. The minimum atomic E-state index is -3.89. The summed E-state index contributed by atoms with van der Waals surface area (Å²) >= 11 is 0. The third-order valence-corrected chi connectivity index (χ3v) is 15.3. The van der Waals surface area contributed by atoms with Gasteiger partial charge in [-0.05, 0) is 107 Å². The lowest BCUT2D eigenvalue weighted by Crippen LogP contribution is -2.59. The maximum atomic E-state index is 15.0. The maximum absolute atomic E-state index is 15.0. The molecule has 3 heterocycles. The summed E-state index contributed by atoms with van der Waals surface area (Å²) in [4.78, 5) is 63.5. The Labute approximate surface area is 340 Å². The van der Waals surface area contributed by atoms with Gasteiger partial charge in [0, 0.05) is 17.7 Å². The van der Waals surface area contributed by atoms with Crippen LogP contribution in [0, 0.1) is 17.8 Å². The second-order valence-electron chi connectivity index (χ2n) is 17.4.